The Balaban J connectivity index is 1.54. The summed E-state index contributed by atoms with van der Waals surface area (Å²) in [4.78, 5) is 29.8. The molecular weight excluding hydrogens is 308 g/mol. The highest BCUT2D eigenvalue weighted by molar-refractivity contribution is 5.91. The highest BCUT2D eigenvalue weighted by atomic mass is 16.5. The van der Waals surface area contributed by atoms with Crippen LogP contribution in [-0.4, -0.2) is 51.2 Å². The number of nitrogens with zero attached hydrogens (tertiary/aromatic N) is 4. The molecule has 1 atom stereocenters. The summed E-state index contributed by atoms with van der Waals surface area (Å²) >= 11 is 0. The Labute approximate surface area is 140 Å². The molecular formula is C17H20N4O3. The fourth-order valence-electron chi connectivity index (χ4n) is 2.81. The maximum Gasteiger partial charge on any atom is 0.338 e. The maximum absolute atomic E-state index is 12.1. The molecule has 1 aliphatic rings. The lowest BCUT2D eigenvalue weighted by molar-refractivity contribution is -0.136. The zero-order chi connectivity index (χ0) is 16.9. The van der Waals surface area contributed by atoms with Crippen LogP contribution in [0.25, 0.3) is 5.69 Å². The minimum atomic E-state index is -0.501. The second-order valence-electron chi connectivity index (χ2n) is 6.05. The molecule has 126 valence electrons. The Hall–Kier alpha value is -2.70. The van der Waals surface area contributed by atoms with E-state index in [4.69, 9.17) is 4.74 Å². The molecule has 1 aliphatic heterocycles. The summed E-state index contributed by atoms with van der Waals surface area (Å²) in [7, 11) is 0. The fraction of sp³-hybridized carbons (Fsp3) is 0.412. The zero-order valence-corrected chi connectivity index (χ0v) is 13.6. The van der Waals surface area contributed by atoms with Gasteiger partial charge in [0.25, 0.3) is 5.91 Å². The van der Waals surface area contributed by atoms with E-state index in [0.717, 1.165) is 31.6 Å². The van der Waals surface area contributed by atoms with Gasteiger partial charge in [-0.2, -0.15) is 5.10 Å². The SMILES string of the molecule is C[C@@H]1CCCN(C(=O)COC(=O)c2ccc(-n3cncn3)cc2)C1. The van der Waals surface area contributed by atoms with Crippen LogP contribution in [0.3, 0.4) is 0 Å². The topological polar surface area (TPSA) is 77.3 Å². The normalized spacial score (nSPS) is 17.5. The van der Waals surface area contributed by atoms with E-state index in [9.17, 15) is 9.59 Å². The fourth-order valence-corrected chi connectivity index (χ4v) is 2.81. The van der Waals surface area contributed by atoms with Crippen molar-refractivity contribution in [2.45, 2.75) is 19.8 Å². The highest BCUT2D eigenvalue weighted by Gasteiger charge is 2.22. The molecule has 2 heterocycles. The molecule has 1 saturated heterocycles. The molecule has 0 aliphatic carbocycles. The number of rotatable bonds is 4. The van der Waals surface area contributed by atoms with E-state index >= 15 is 0 Å². The quantitative estimate of drug-likeness (QED) is 0.798. The van der Waals surface area contributed by atoms with Crippen molar-refractivity contribution in [3.05, 3.63) is 42.5 Å². The number of amides is 1. The first kappa shape index (κ1) is 16.2. The molecule has 0 N–H and O–H groups in total. The van der Waals surface area contributed by atoms with Gasteiger partial charge in [-0.05, 0) is 43.0 Å². The van der Waals surface area contributed by atoms with E-state index in [1.165, 1.54) is 6.33 Å². The number of carbonyl (C=O) groups excluding carboxylic acids is 2. The van der Waals surface area contributed by atoms with Gasteiger partial charge in [0.2, 0.25) is 0 Å². The predicted molar refractivity (Wildman–Crippen MR) is 86.6 cm³/mol. The molecule has 7 nitrogen and oxygen atoms in total. The molecule has 0 saturated carbocycles. The van der Waals surface area contributed by atoms with Gasteiger partial charge in [-0.3, -0.25) is 4.79 Å². The summed E-state index contributed by atoms with van der Waals surface area (Å²) in [6.07, 6.45) is 5.16. The van der Waals surface area contributed by atoms with Crippen LogP contribution in [-0.2, 0) is 9.53 Å². The second-order valence-corrected chi connectivity index (χ2v) is 6.05. The average Bonchev–Trinajstić information content (AvgIpc) is 3.14. The van der Waals surface area contributed by atoms with Gasteiger partial charge in [0.05, 0.1) is 11.3 Å². The molecule has 0 unspecified atom stereocenters. The van der Waals surface area contributed by atoms with Crippen LogP contribution in [0.2, 0.25) is 0 Å². The van der Waals surface area contributed by atoms with Gasteiger partial charge in [0.1, 0.15) is 12.7 Å². The van der Waals surface area contributed by atoms with E-state index in [0.29, 0.717) is 11.5 Å². The third-order valence-electron chi connectivity index (χ3n) is 4.12. The summed E-state index contributed by atoms with van der Waals surface area (Å²) < 4.78 is 6.74. The Morgan fingerprint density at radius 1 is 1.29 bits per heavy atom. The number of hydrogen-bond donors (Lipinski definition) is 0. The van der Waals surface area contributed by atoms with Crippen molar-refractivity contribution in [1.82, 2.24) is 19.7 Å². The lowest BCUT2D eigenvalue weighted by atomic mass is 10.0. The van der Waals surface area contributed by atoms with Crippen molar-refractivity contribution in [2.75, 3.05) is 19.7 Å². The van der Waals surface area contributed by atoms with E-state index < -0.39 is 5.97 Å². The van der Waals surface area contributed by atoms with Crippen LogP contribution in [0.1, 0.15) is 30.1 Å². The maximum atomic E-state index is 12.1. The largest absolute Gasteiger partial charge is 0.452 e. The van der Waals surface area contributed by atoms with E-state index in [1.807, 2.05) is 0 Å². The third-order valence-corrected chi connectivity index (χ3v) is 4.12. The Morgan fingerprint density at radius 3 is 2.75 bits per heavy atom. The van der Waals surface area contributed by atoms with E-state index in [2.05, 4.69) is 17.0 Å². The first-order valence-corrected chi connectivity index (χ1v) is 8.03. The van der Waals surface area contributed by atoms with Crippen molar-refractivity contribution >= 4 is 11.9 Å². The van der Waals surface area contributed by atoms with Gasteiger partial charge in [-0.1, -0.05) is 6.92 Å². The van der Waals surface area contributed by atoms with Crippen LogP contribution in [0.4, 0.5) is 0 Å². The molecule has 1 aromatic carbocycles. The summed E-state index contributed by atoms with van der Waals surface area (Å²) in [5.41, 5.74) is 1.20. The summed E-state index contributed by atoms with van der Waals surface area (Å²) in [6, 6.07) is 6.79. The molecule has 24 heavy (non-hydrogen) atoms. The van der Waals surface area contributed by atoms with E-state index in [1.54, 1.807) is 40.2 Å². The van der Waals surface area contributed by atoms with Crippen LogP contribution in [0.5, 0.6) is 0 Å². The Kier molecular flexibility index (Phi) is 4.88. The molecule has 3 rings (SSSR count). The summed E-state index contributed by atoms with van der Waals surface area (Å²) in [5, 5.41) is 4.02. The van der Waals surface area contributed by atoms with Crippen molar-refractivity contribution in [2.24, 2.45) is 5.92 Å². The van der Waals surface area contributed by atoms with Gasteiger partial charge in [0, 0.05) is 13.1 Å². The van der Waals surface area contributed by atoms with Crippen LogP contribution in [0.15, 0.2) is 36.9 Å². The molecule has 2 aromatic rings. The van der Waals surface area contributed by atoms with E-state index in [-0.39, 0.29) is 12.5 Å². The van der Waals surface area contributed by atoms with Crippen molar-refractivity contribution < 1.29 is 14.3 Å². The number of ether oxygens (including phenoxy) is 1. The standard InChI is InChI=1S/C17H20N4O3/c1-13-3-2-8-20(9-13)16(22)10-24-17(23)14-4-6-15(7-5-14)21-12-18-11-19-21/h4-7,11-13H,2-3,8-10H2,1H3/t13-/m1/s1. The molecule has 7 heteroatoms. The number of carbonyl (C=O) groups is 2. The van der Waals surface area contributed by atoms with Gasteiger partial charge in [-0.15, -0.1) is 0 Å². The number of benzene rings is 1. The Bertz CT molecular complexity index is 697. The lowest BCUT2D eigenvalue weighted by Gasteiger charge is -2.30. The average molecular weight is 328 g/mol. The number of aromatic nitrogens is 3. The van der Waals surface area contributed by atoms with Gasteiger partial charge < -0.3 is 9.64 Å². The van der Waals surface area contributed by atoms with Gasteiger partial charge in [0.15, 0.2) is 6.61 Å². The molecule has 0 bridgehead atoms. The smallest absolute Gasteiger partial charge is 0.338 e. The van der Waals surface area contributed by atoms with Crippen molar-refractivity contribution in [3.8, 4) is 5.69 Å². The number of hydrogen-bond acceptors (Lipinski definition) is 5. The number of piperidine rings is 1. The molecule has 1 aromatic heterocycles. The van der Waals surface area contributed by atoms with Crippen LogP contribution >= 0.6 is 0 Å². The minimum Gasteiger partial charge on any atom is -0.452 e. The van der Waals surface area contributed by atoms with Crippen LogP contribution < -0.4 is 0 Å². The lowest BCUT2D eigenvalue weighted by Crippen LogP contribution is -2.41. The molecule has 0 spiro atoms. The first-order chi connectivity index (χ1) is 11.6. The van der Waals surface area contributed by atoms with Crippen LogP contribution in [0, 0.1) is 5.92 Å². The predicted octanol–water partition coefficient (Wildman–Crippen LogP) is 1.68. The molecule has 1 amide bonds. The van der Waals surface area contributed by atoms with Crippen molar-refractivity contribution in [3.63, 3.8) is 0 Å². The Morgan fingerprint density at radius 2 is 2.08 bits per heavy atom. The molecule has 1 fully saturated rings. The monoisotopic (exact) mass is 328 g/mol. The molecule has 0 radical (unpaired) electrons. The third kappa shape index (κ3) is 3.79. The summed E-state index contributed by atoms with van der Waals surface area (Å²) in [5.74, 6) is -0.129. The number of esters is 1. The van der Waals surface area contributed by atoms with Gasteiger partial charge in [-0.25, -0.2) is 14.5 Å². The van der Waals surface area contributed by atoms with Gasteiger partial charge >= 0.3 is 5.97 Å². The highest BCUT2D eigenvalue weighted by Crippen LogP contribution is 2.15. The second kappa shape index (κ2) is 7.25. The first-order valence-electron chi connectivity index (χ1n) is 8.03. The zero-order valence-electron chi connectivity index (χ0n) is 13.6. The minimum absolute atomic E-state index is 0.130. The van der Waals surface area contributed by atoms with Crippen molar-refractivity contribution in [1.29, 1.82) is 0 Å². The number of likely N-dealkylation sites (tertiary alicyclic amines) is 1. The summed E-state index contributed by atoms with van der Waals surface area (Å²) in [6.45, 7) is 3.40.